The van der Waals surface area contributed by atoms with E-state index < -0.39 is 0 Å². The molecule has 7 heteroatoms. The van der Waals surface area contributed by atoms with Crippen molar-refractivity contribution < 1.29 is 9.15 Å². The highest BCUT2D eigenvalue weighted by Gasteiger charge is 2.07. The second kappa shape index (κ2) is 10.6. The standard InChI is InChI=1S/C20H22N4O2.HI/c1-21-20(22-12-15-7-6-10-18(11-15)25-2)23-13-17-14-26-19(24-17)16-8-4-3-5-9-16;/h3-11,14H,12-13H2,1-2H3,(H2,21,22,23);1H. The quantitative estimate of drug-likeness (QED) is 0.320. The molecule has 3 aromatic rings. The molecule has 0 bridgehead atoms. The van der Waals surface area contributed by atoms with Crippen molar-refractivity contribution in [3.8, 4) is 17.2 Å². The normalized spacial score (nSPS) is 10.8. The van der Waals surface area contributed by atoms with E-state index in [4.69, 9.17) is 9.15 Å². The maximum absolute atomic E-state index is 5.55. The number of hydrogen-bond acceptors (Lipinski definition) is 4. The molecule has 27 heavy (non-hydrogen) atoms. The average molecular weight is 478 g/mol. The van der Waals surface area contributed by atoms with Gasteiger partial charge in [-0.1, -0.05) is 30.3 Å². The van der Waals surface area contributed by atoms with Crippen LogP contribution in [0.4, 0.5) is 0 Å². The summed E-state index contributed by atoms with van der Waals surface area (Å²) in [6.45, 7) is 1.17. The van der Waals surface area contributed by atoms with Crippen LogP contribution < -0.4 is 15.4 Å². The van der Waals surface area contributed by atoms with Crippen molar-refractivity contribution in [2.24, 2.45) is 4.99 Å². The lowest BCUT2D eigenvalue weighted by molar-refractivity contribution is 0.414. The van der Waals surface area contributed by atoms with Crippen molar-refractivity contribution >= 4 is 29.9 Å². The van der Waals surface area contributed by atoms with Crippen LogP contribution in [0.2, 0.25) is 0 Å². The van der Waals surface area contributed by atoms with Gasteiger partial charge < -0.3 is 19.8 Å². The molecule has 2 N–H and O–H groups in total. The third-order valence-electron chi connectivity index (χ3n) is 3.83. The van der Waals surface area contributed by atoms with E-state index in [1.165, 1.54) is 0 Å². The maximum atomic E-state index is 5.55. The van der Waals surface area contributed by atoms with E-state index in [9.17, 15) is 0 Å². The summed E-state index contributed by atoms with van der Waals surface area (Å²) in [5, 5.41) is 6.51. The highest BCUT2D eigenvalue weighted by molar-refractivity contribution is 14.0. The Kier molecular flexibility index (Phi) is 8.12. The fourth-order valence-electron chi connectivity index (χ4n) is 2.46. The number of halogens is 1. The summed E-state index contributed by atoms with van der Waals surface area (Å²) < 4.78 is 10.8. The van der Waals surface area contributed by atoms with Crippen LogP contribution in [0.1, 0.15) is 11.3 Å². The lowest BCUT2D eigenvalue weighted by Gasteiger charge is -2.11. The Morgan fingerprint density at radius 1 is 1.07 bits per heavy atom. The topological polar surface area (TPSA) is 71.7 Å². The molecule has 142 valence electrons. The Bertz CT molecular complexity index is 865. The van der Waals surface area contributed by atoms with Crippen molar-refractivity contribution in [3.63, 3.8) is 0 Å². The molecule has 0 amide bonds. The van der Waals surface area contributed by atoms with Gasteiger partial charge in [0.2, 0.25) is 5.89 Å². The first-order valence-electron chi connectivity index (χ1n) is 8.36. The average Bonchev–Trinajstić information content (AvgIpc) is 3.18. The van der Waals surface area contributed by atoms with Crippen LogP contribution >= 0.6 is 24.0 Å². The number of methoxy groups -OCH3 is 1. The monoisotopic (exact) mass is 478 g/mol. The number of guanidine groups is 1. The molecule has 0 saturated carbocycles. The van der Waals surface area contributed by atoms with Gasteiger partial charge in [0.15, 0.2) is 5.96 Å². The molecular formula is C20H23IN4O2. The van der Waals surface area contributed by atoms with E-state index in [0.29, 0.717) is 24.9 Å². The summed E-state index contributed by atoms with van der Waals surface area (Å²) in [6, 6.07) is 17.7. The third kappa shape index (κ3) is 5.99. The van der Waals surface area contributed by atoms with Gasteiger partial charge in [-0.05, 0) is 29.8 Å². The summed E-state index contributed by atoms with van der Waals surface area (Å²) in [6.07, 6.45) is 1.66. The SMILES string of the molecule is CN=C(NCc1cccc(OC)c1)NCc1coc(-c2ccccc2)n1.I. The Hall–Kier alpha value is -2.55. The molecule has 0 aliphatic rings. The molecule has 0 saturated heterocycles. The van der Waals surface area contributed by atoms with E-state index in [0.717, 1.165) is 22.6 Å². The van der Waals surface area contributed by atoms with Gasteiger partial charge in [0, 0.05) is 19.2 Å². The summed E-state index contributed by atoms with van der Waals surface area (Å²) in [5.41, 5.74) is 2.88. The molecule has 0 aliphatic heterocycles. The minimum absolute atomic E-state index is 0. The van der Waals surface area contributed by atoms with Crippen LogP contribution in [0.5, 0.6) is 5.75 Å². The molecule has 0 atom stereocenters. The minimum atomic E-state index is 0. The zero-order chi connectivity index (χ0) is 18.2. The zero-order valence-corrected chi connectivity index (χ0v) is 17.6. The number of ether oxygens (including phenoxy) is 1. The molecule has 3 rings (SSSR count). The summed E-state index contributed by atoms with van der Waals surface area (Å²) in [5.74, 6) is 2.14. The van der Waals surface area contributed by atoms with Crippen LogP contribution in [-0.4, -0.2) is 25.1 Å². The first kappa shape index (κ1) is 20.8. The molecule has 2 aromatic carbocycles. The molecular weight excluding hydrogens is 455 g/mol. The number of rotatable bonds is 6. The number of aromatic nitrogens is 1. The molecule has 0 aliphatic carbocycles. The zero-order valence-electron chi connectivity index (χ0n) is 15.3. The van der Waals surface area contributed by atoms with E-state index in [-0.39, 0.29) is 24.0 Å². The van der Waals surface area contributed by atoms with Crippen LogP contribution in [0, 0.1) is 0 Å². The predicted octanol–water partition coefficient (Wildman–Crippen LogP) is 3.83. The third-order valence-corrected chi connectivity index (χ3v) is 3.83. The fraction of sp³-hybridized carbons (Fsp3) is 0.200. The molecule has 1 aromatic heterocycles. The van der Waals surface area contributed by atoms with Gasteiger partial charge in [-0.2, -0.15) is 0 Å². The van der Waals surface area contributed by atoms with E-state index in [1.807, 2.05) is 54.6 Å². The fourth-order valence-corrected chi connectivity index (χ4v) is 2.46. The number of benzene rings is 2. The lowest BCUT2D eigenvalue weighted by Crippen LogP contribution is -2.36. The Labute approximate surface area is 176 Å². The number of nitrogens with one attached hydrogen (secondary N) is 2. The van der Waals surface area contributed by atoms with Crippen LogP contribution in [0.25, 0.3) is 11.5 Å². The predicted molar refractivity (Wildman–Crippen MR) is 117 cm³/mol. The van der Waals surface area contributed by atoms with Gasteiger partial charge in [0.05, 0.1) is 19.3 Å². The number of aliphatic imine (C=N–C) groups is 1. The second-order valence-corrected chi connectivity index (χ2v) is 5.64. The van der Waals surface area contributed by atoms with Crippen molar-refractivity contribution in [1.29, 1.82) is 0 Å². The van der Waals surface area contributed by atoms with Crippen LogP contribution in [0.3, 0.4) is 0 Å². The first-order chi connectivity index (χ1) is 12.8. The van der Waals surface area contributed by atoms with Crippen LogP contribution in [0.15, 0.2) is 70.3 Å². The number of hydrogen-bond donors (Lipinski definition) is 2. The largest absolute Gasteiger partial charge is 0.497 e. The van der Waals surface area contributed by atoms with Gasteiger partial charge in [-0.15, -0.1) is 24.0 Å². The first-order valence-corrected chi connectivity index (χ1v) is 8.36. The van der Waals surface area contributed by atoms with Crippen LogP contribution in [-0.2, 0) is 13.1 Å². The highest BCUT2D eigenvalue weighted by Crippen LogP contribution is 2.17. The van der Waals surface area contributed by atoms with Gasteiger partial charge in [0.1, 0.15) is 12.0 Å². The highest BCUT2D eigenvalue weighted by atomic mass is 127. The molecule has 0 spiro atoms. The molecule has 1 heterocycles. The minimum Gasteiger partial charge on any atom is -0.497 e. The number of oxazole rings is 1. The Balaban J connectivity index is 0.00000261. The van der Waals surface area contributed by atoms with Gasteiger partial charge in [0.25, 0.3) is 0 Å². The summed E-state index contributed by atoms with van der Waals surface area (Å²) in [4.78, 5) is 8.73. The summed E-state index contributed by atoms with van der Waals surface area (Å²) >= 11 is 0. The van der Waals surface area contributed by atoms with Crippen molar-refractivity contribution in [1.82, 2.24) is 15.6 Å². The second-order valence-electron chi connectivity index (χ2n) is 5.64. The van der Waals surface area contributed by atoms with E-state index in [1.54, 1.807) is 20.4 Å². The maximum Gasteiger partial charge on any atom is 0.226 e. The van der Waals surface area contributed by atoms with E-state index in [2.05, 4.69) is 20.6 Å². The van der Waals surface area contributed by atoms with E-state index >= 15 is 0 Å². The van der Waals surface area contributed by atoms with Gasteiger partial charge >= 0.3 is 0 Å². The number of nitrogens with zero attached hydrogens (tertiary/aromatic N) is 2. The Morgan fingerprint density at radius 3 is 2.59 bits per heavy atom. The summed E-state index contributed by atoms with van der Waals surface area (Å²) in [7, 11) is 3.40. The molecule has 0 fully saturated rings. The van der Waals surface area contributed by atoms with Crippen molar-refractivity contribution in [2.45, 2.75) is 13.1 Å². The molecule has 0 radical (unpaired) electrons. The van der Waals surface area contributed by atoms with Crippen molar-refractivity contribution in [3.05, 3.63) is 72.1 Å². The molecule has 6 nitrogen and oxygen atoms in total. The smallest absolute Gasteiger partial charge is 0.226 e. The Morgan fingerprint density at radius 2 is 1.85 bits per heavy atom. The van der Waals surface area contributed by atoms with Gasteiger partial charge in [-0.25, -0.2) is 4.98 Å². The van der Waals surface area contributed by atoms with Crippen molar-refractivity contribution in [2.75, 3.05) is 14.2 Å². The lowest BCUT2D eigenvalue weighted by atomic mass is 10.2. The van der Waals surface area contributed by atoms with Gasteiger partial charge in [-0.3, -0.25) is 4.99 Å². The molecule has 0 unspecified atom stereocenters.